The maximum atomic E-state index is 12.0. The smallest absolute Gasteiger partial charge is 0.176 e. The molecule has 3 aromatic rings. The molecule has 3 aromatic carbocycles. The summed E-state index contributed by atoms with van der Waals surface area (Å²) in [5.74, 6) is 0.227. The highest BCUT2D eigenvalue weighted by atomic mass is 35.5. The van der Waals surface area contributed by atoms with Gasteiger partial charge in [0.05, 0.1) is 6.10 Å². The molecule has 0 spiro atoms. The fourth-order valence-electron chi connectivity index (χ4n) is 4.90. The summed E-state index contributed by atoms with van der Waals surface area (Å²) in [5.41, 5.74) is -0.492. The molecule has 0 radical (unpaired) electrons. The van der Waals surface area contributed by atoms with E-state index in [-0.39, 0.29) is 5.92 Å². The Morgan fingerprint density at radius 2 is 1.57 bits per heavy atom. The van der Waals surface area contributed by atoms with Crippen molar-refractivity contribution in [1.29, 1.82) is 0 Å². The molecule has 1 aliphatic carbocycles. The third kappa shape index (κ3) is 2.25. The van der Waals surface area contributed by atoms with Crippen LogP contribution in [0.25, 0.3) is 0 Å². The number of benzene rings is 3. The molecule has 142 valence electrons. The molecule has 0 bridgehead atoms. The van der Waals surface area contributed by atoms with Crippen molar-refractivity contribution in [3.63, 3.8) is 0 Å². The van der Waals surface area contributed by atoms with Crippen molar-refractivity contribution in [2.75, 3.05) is 0 Å². The molecule has 2 N–H and O–H groups in total. The van der Waals surface area contributed by atoms with E-state index in [2.05, 4.69) is 0 Å². The van der Waals surface area contributed by atoms with Crippen molar-refractivity contribution in [2.24, 2.45) is 0 Å². The minimum Gasteiger partial charge on any atom is -0.478 e. The van der Waals surface area contributed by atoms with E-state index in [1.807, 2.05) is 42.5 Å². The molecular weight excluding hydrogens is 395 g/mol. The number of hydrogen-bond acceptors (Lipinski definition) is 3. The summed E-state index contributed by atoms with van der Waals surface area (Å²) >= 11 is 12.3. The Labute approximate surface area is 173 Å². The second-order valence-electron chi connectivity index (χ2n) is 7.47. The van der Waals surface area contributed by atoms with Gasteiger partial charge in [-0.1, -0.05) is 71.7 Å². The highest BCUT2D eigenvalue weighted by Gasteiger charge is 2.72. The molecule has 1 saturated carbocycles. The highest BCUT2D eigenvalue weighted by Crippen LogP contribution is 2.66. The fourth-order valence-corrected chi connectivity index (χ4v) is 5.19. The predicted octanol–water partition coefficient (Wildman–Crippen LogP) is 5.02. The summed E-state index contributed by atoms with van der Waals surface area (Å²) in [6.07, 6.45) is -0.638. The van der Waals surface area contributed by atoms with Crippen molar-refractivity contribution >= 4 is 23.2 Å². The number of aliphatic hydroxyl groups excluding tert-OH is 1. The molecule has 3 nitrogen and oxygen atoms in total. The van der Waals surface area contributed by atoms with E-state index in [4.69, 9.17) is 27.9 Å². The van der Waals surface area contributed by atoms with Crippen LogP contribution in [0.4, 0.5) is 0 Å². The molecule has 1 aliphatic heterocycles. The largest absolute Gasteiger partial charge is 0.478 e. The van der Waals surface area contributed by atoms with Crippen LogP contribution >= 0.6 is 23.2 Å². The van der Waals surface area contributed by atoms with Gasteiger partial charge in [-0.3, -0.25) is 0 Å². The third-order valence-electron chi connectivity index (χ3n) is 6.10. The molecule has 0 saturated heterocycles. The van der Waals surface area contributed by atoms with Crippen LogP contribution in [0.2, 0.25) is 10.0 Å². The number of ether oxygens (including phenoxy) is 1. The van der Waals surface area contributed by atoms with Crippen molar-refractivity contribution in [3.05, 3.63) is 99.5 Å². The van der Waals surface area contributed by atoms with Gasteiger partial charge in [0.25, 0.3) is 0 Å². The van der Waals surface area contributed by atoms with Crippen molar-refractivity contribution in [2.45, 2.75) is 29.6 Å². The van der Waals surface area contributed by atoms with Crippen LogP contribution in [-0.2, 0) is 11.2 Å². The summed E-state index contributed by atoms with van der Waals surface area (Å²) in [6, 6.07) is 22.3. The lowest BCUT2D eigenvalue weighted by molar-refractivity contribution is -0.149. The summed E-state index contributed by atoms with van der Waals surface area (Å²) in [7, 11) is 0. The topological polar surface area (TPSA) is 49.7 Å². The molecule has 0 unspecified atom stereocenters. The Hall–Kier alpha value is -2.04. The molecule has 1 heterocycles. The van der Waals surface area contributed by atoms with Crippen LogP contribution in [0.5, 0.6) is 5.75 Å². The zero-order valence-electron chi connectivity index (χ0n) is 14.8. The van der Waals surface area contributed by atoms with Gasteiger partial charge >= 0.3 is 0 Å². The lowest BCUT2D eigenvalue weighted by Gasteiger charge is -2.40. The first kappa shape index (κ1) is 18.0. The molecule has 28 heavy (non-hydrogen) atoms. The zero-order chi connectivity index (χ0) is 19.5. The fraction of sp³-hybridized carbons (Fsp3) is 0.217. The van der Waals surface area contributed by atoms with Gasteiger partial charge in [0, 0.05) is 21.5 Å². The minimum absolute atomic E-state index is 0.263. The second kappa shape index (κ2) is 6.23. The molecular formula is C23H18Cl2O3. The molecule has 4 atom stereocenters. The molecule has 2 aliphatic rings. The van der Waals surface area contributed by atoms with Crippen molar-refractivity contribution < 1.29 is 14.9 Å². The second-order valence-corrected chi connectivity index (χ2v) is 8.34. The summed E-state index contributed by atoms with van der Waals surface area (Å²) in [6.45, 7) is 0. The zero-order valence-corrected chi connectivity index (χ0v) is 16.4. The van der Waals surface area contributed by atoms with Gasteiger partial charge in [0.2, 0.25) is 0 Å². The van der Waals surface area contributed by atoms with Crippen LogP contribution < -0.4 is 4.74 Å². The van der Waals surface area contributed by atoms with Crippen LogP contribution in [0.1, 0.15) is 29.0 Å². The SMILES string of the molecule is O[C@H]1C[C@@H](c2ccccc2)[C@]2(c3ccc(Cl)cc3)Oc3cc(Cl)ccc3[C@]12O. The molecule has 0 aromatic heterocycles. The number of aliphatic hydroxyl groups is 2. The van der Waals surface area contributed by atoms with E-state index in [1.54, 1.807) is 30.3 Å². The Balaban J connectivity index is 1.80. The van der Waals surface area contributed by atoms with Crippen LogP contribution in [0.3, 0.4) is 0 Å². The number of hydrogen-bond donors (Lipinski definition) is 2. The van der Waals surface area contributed by atoms with E-state index in [9.17, 15) is 10.2 Å². The van der Waals surface area contributed by atoms with Crippen LogP contribution in [0, 0.1) is 0 Å². The Kier molecular flexibility index (Phi) is 4.01. The van der Waals surface area contributed by atoms with Gasteiger partial charge in [-0.15, -0.1) is 0 Å². The number of fused-ring (bicyclic) bond motifs is 3. The van der Waals surface area contributed by atoms with Crippen molar-refractivity contribution in [3.8, 4) is 5.75 Å². The van der Waals surface area contributed by atoms with Gasteiger partial charge in [-0.2, -0.15) is 0 Å². The first-order valence-corrected chi connectivity index (χ1v) is 9.93. The Bertz CT molecular complexity index is 1040. The van der Waals surface area contributed by atoms with Gasteiger partial charge in [0.15, 0.2) is 11.2 Å². The van der Waals surface area contributed by atoms with E-state index in [0.29, 0.717) is 27.8 Å². The first-order valence-electron chi connectivity index (χ1n) is 9.17. The average molecular weight is 413 g/mol. The maximum Gasteiger partial charge on any atom is 0.176 e. The normalized spacial score (nSPS) is 30.6. The maximum absolute atomic E-state index is 12.0. The predicted molar refractivity (Wildman–Crippen MR) is 109 cm³/mol. The molecule has 1 fully saturated rings. The Morgan fingerprint density at radius 1 is 0.893 bits per heavy atom. The van der Waals surface area contributed by atoms with Crippen LogP contribution in [0.15, 0.2) is 72.8 Å². The lowest BCUT2D eigenvalue weighted by Crippen LogP contribution is -2.51. The van der Waals surface area contributed by atoms with Gasteiger partial charge in [0.1, 0.15) is 5.75 Å². The molecule has 5 heteroatoms. The van der Waals surface area contributed by atoms with Gasteiger partial charge < -0.3 is 14.9 Å². The van der Waals surface area contributed by atoms with E-state index >= 15 is 0 Å². The molecule has 0 amide bonds. The van der Waals surface area contributed by atoms with Gasteiger partial charge in [-0.05, 0) is 41.8 Å². The van der Waals surface area contributed by atoms with E-state index in [0.717, 1.165) is 11.1 Å². The monoisotopic (exact) mass is 412 g/mol. The molecule has 5 rings (SSSR count). The standard InChI is InChI=1S/C23H18Cl2O3/c24-16-8-6-15(7-9-16)23-19(14-4-2-1-3-5-14)13-21(26)22(23,27)18-11-10-17(25)12-20(18)28-23/h1-12,19,21,26-27H,13H2/t19-,21-,22-,23-/m0/s1. The highest BCUT2D eigenvalue weighted by molar-refractivity contribution is 6.31. The number of rotatable bonds is 2. The van der Waals surface area contributed by atoms with Crippen molar-refractivity contribution in [1.82, 2.24) is 0 Å². The third-order valence-corrected chi connectivity index (χ3v) is 6.59. The summed E-state index contributed by atoms with van der Waals surface area (Å²) < 4.78 is 6.53. The lowest BCUT2D eigenvalue weighted by atomic mass is 9.71. The minimum atomic E-state index is -1.61. The van der Waals surface area contributed by atoms with Gasteiger partial charge in [-0.25, -0.2) is 0 Å². The Morgan fingerprint density at radius 3 is 2.29 bits per heavy atom. The van der Waals surface area contributed by atoms with E-state index in [1.165, 1.54) is 0 Å². The first-order chi connectivity index (χ1) is 13.5. The summed E-state index contributed by atoms with van der Waals surface area (Å²) in [4.78, 5) is 0. The van der Waals surface area contributed by atoms with E-state index < -0.39 is 17.3 Å². The average Bonchev–Trinajstić information content (AvgIpc) is 3.09. The quantitative estimate of drug-likeness (QED) is 0.621. The number of halogens is 2. The summed E-state index contributed by atoms with van der Waals surface area (Å²) in [5, 5.41) is 24.2. The van der Waals surface area contributed by atoms with Crippen LogP contribution in [-0.4, -0.2) is 16.3 Å².